The lowest BCUT2D eigenvalue weighted by Crippen LogP contribution is -2.31. The van der Waals surface area contributed by atoms with Crippen molar-refractivity contribution < 1.29 is 9.59 Å². The summed E-state index contributed by atoms with van der Waals surface area (Å²) in [5, 5.41) is 13.5. The number of benzene rings is 3. The van der Waals surface area contributed by atoms with Crippen LogP contribution in [0.1, 0.15) is 54.0 Å². The maximum absolute atomic E-state index is 13.1. The number of nitrogens with one attached hydrogen (secondary N) is 3. The highest BCUT2D eigenvalue weighted by molar-refractivity contribution is 6.33. The molecule has 0 aliphatic heterocycles. The SMILES string of the molecule is CC(C)c1nc(-c2ccccc2NC(=O)CC(NC(=O)c2ccccc2Cl)c2ccccc2)n[nH]1. The van der Waals surface area contributed by atoms with Crippen molar-refractivity contribution in [2.45, 2.75) is 32.2 Å². The molecule has 0 spiro atoms. The number of anilines is 1. The Morgan fingerprint density at radius 1 is 0.943 bits per heavy atom. The number of nitrogens with zero attached hydrogens (tertiary/aromatic N) is 2. The van der Waals surface area contributed by atoms with Gasteiger partial charge in [0, 0.05) is 11.5 Å². The summed E-state index contributed by atoms with van der Waals surface area (Å²) < 4.78 is 0. The second kappa shape index (κ2) is 11.0. The van der Waals surface area contributed by atoms with Crippen molar-refractivity contribution in [3.63, 3.8) is 0 Å². The minimum atomic E-state index is -0.553. The molecule has 35 heavy (non-hydrogen) atoms. The summed E-state index contributed by atoms with van der Waals surface area (Å²) in [6.07, 6.45) is 0.0276. The largest absolute Gasteiger partial charge is 0.345 e. The lowest BCUT2D eigenvalue weighted by molar-refractivity contribution is -0.116. The molecule has 0 aliphatic rings. The van der Waals surface area contributed by atoms with Crippen LogP contribution in [0.4, 0.5) is 5.69 Å². The van der Waals surface area contributed by atoms with E-state index in [2.05, 4.69) is 25.8 Å². The minimum absolute atomic E-state index is 0.0276. The lowest BCUT2D eigenvalue weighted by Gasteiger charge is -2.20. The first-order valence-corrected chi connectivity index (χ1v) is 11.7. The Bertz CT molecular complexity index is 1320. The summed E-state index contributed by atoms with van der Waals surface area (Å²) in [5.74, 6) is 0.875. The molecule has 0 radical (unpaired) electrons. The van der Waals surface area contributed by atoms with Gasteiger partial charge in [0.05, 0.1) is 28.7 Å². The average molecular weight is 488 g/mol. The Morgan fingerprint density at radius 3 is 2.34 bits per heavy atom. The first-order valence-electron chi connectivity index (χ1n) is 11.3. The highest BCUT2D eigenvalue weighted by Gasteiger charge is 2.21. The Labute approximate surface area is 209 Å². The van der Waals surface area contributed by atoms with Gasteiger partial charge in [-0.2, -0.15) is 5.10 Å². The number of amides is 2. The molecule has 4 aromatic rings. The summed E-state index contributed by atoms with van der Waals surface area (Å²) in [6.45, 7) is 4.05. The number of hydrogen-bond acceptors (Lipinski definition) is 4. The molecule has 1 atom stereocenters. The van der Waals surface area contributed by atoms with E-state index in [0.29, 0.717) is 27.7 Å². The number of aromatic amines is 1. The Hall–Kier alpha value is -3.97. The fourth-order valence-corrected chi connectivity index (χ4v) is 3.87. The maximum atomic E-state index is 13.1. The zero-order valence-electron chi connectivity index (χ0n) is 19.5. The van der Waals surface area contributed by atoms with Crippen LogP contribution in [-0.4, -0.2) is 27.0 Å². The van der Waals surface area contributed by atoms with Gasteiger partial charge < -0.3 is 10.6 Å². The topological polar surface area (TPSA) is 99.8 Å². The average Bonchev–Trinajstić information content (AvgIpc) is 3.35. The van der Waals surface area contributed by atoms with E-state index in [4.69, 9.17) is 11.6 Å². The second-order valence-corrected chi connectivity index (χ2v) is 8.82. The number of carbonyl (C=O) groups excluding carboxylic acids is 2. The predicted octanol–water partition coefficient (Wildman–Crippen LogP) is 5.75. The van der Waals surface area contributed by atoms with E-state index >= 15 is 0 Å². The molecule has 0 aliphatic carbocycles. The van der Waals surface area contributed by atoms with E-state index in [-0.39, 0.29) is 24.2 Å². The quantitative estimate of drug-likeness (QED) is 0.294. The van der Waals surface area contributed by atoms with E-state index in [9.17, 15) is 9.59 Å². The molecular formula is C27H26ClN5O2. The molecule has 178 valence electrons. The fraction of sp³-hybridized carbons (Fsp3) is 0.185. The van der Waals surface area contributed by atoms with Crippen LogP contribution in [0.2, 0.25) is 5.02 Å². The van der Waals surface area contributed by atoms with Gasteiger partial charge in [0.1, 0.15) is 5.82 Å². The molecule has 3 N–H and O–H groups in total. The molecule has 0 saturated heterocycles. The number of rotatable bonds is 8. The fourth-order valence-electron chi connectivity index (χ4n) is 3.65. The van der Waals surface area contributed by atoms with Crippen LogP contribution in [0.3, 0.4) is 0 Å². The highest BCUT2D eigenvalue weighted by atomic mass is 35.5. The van der Waals surface area contributed by atoms with Crippen molar-refractivity contribution in [2.75, 3.05) is 5.32 Å². The summed E-state index contributed by atoms with van der Waals surface area (Å²) in [6, 6.07) is 23.0. The third-order valence-corrected chi connectivity index (χ3v) is 5.84. The predicted molar refractivity (Wildman–Crippen MR) is 137 cm³/mol. The molecular weight excluding hydrogens is 462 g/mol. The van der Waals surface area contributed by atoms with E-state index in [1.807, 2.05) is 62.4 Å². The molecule has 1 heterocycles. The summed E-state index contributed by atoms with van der Waals surface area (Å²) in [4.78, 5) is 30.6. The van der Waals surface area contributed by atoms with E-state index in [0.717, 1.165) is 11.4 Å². The third kappa shape index (κ3) is 5.94. The van der Waals surface area contributed by atoms with Crippen molar-refractivity contribution >= 4 is 29.1 Å². The molecule has 7 nitrogen and oxygen atoms in total. The van der Waals surface area contributed by atoms with Gasteiger partial charge in [0.25, 0.3) is 5.91 Å². The molecule has 0 fully saturated rings. The van der Waals surface area contributed by atoms with Crippen LogP contribution in [0.5, 0.6) is 0 Å². The third-order valence-electron chi connectivity index (χ3n) is 5.51. The van der Waals surface area contributed by atoms with E-state index in [1.165, 1.54) is 0 Å². The molecule has 4 rings (SSSR count). The van der Waals surface area contributed by atoms with Crippen LogP contribution in [-0.2, 0) is 4.79 Å². The smallest absolute Gasteiger partial charge is 0.253 e. The number of para-hydroxylation sites is 1. The molecule has 8 heteroatoms. The van der Waals surface area contributed by atoms with E-state index < -0.39 is 6.04 Å². The van der Waals surface area contributed by atoms with Crippen LogP contribution >= 0.6 is 11.6 Å². The van der Waals surface area contributed by atoms with Gasteiger partial charge in [-0.3, -0.25) is 14.7 Å². The minimum Gasteiger partial charge on any atom is -0.345 e. The number of aromatic nitrogens is 3. The van der Waals surface area contributed by atoms with Gasteiger partial charge in [-0.15, -0.1) is 0 Å². The molecule has 1 aromatic heterocycles. The molecule has 3 aromatic carbocycles. The molecule has 1 unspecified atom stereocenters. The zero-order chi connectivity index (χ0) is 24.8. The van der Waals surface area contributed by atoms with Crippen LogP contribution in [0.25, 0.3) is 11.4 Å². The summed E-state index contributed by atoms with van der Waals surface area (Å²) in [7, 11) is 0. The van der Waals surface area contributed by atoms with Gasteiger partial charge >= 0.3 is 0 Å². The Morgan fingerprint density at radius 2 is 1.63 bits per heavy atom. The van der Waals surface area contributed by atoms with Crippen molar-refractivity contribution in [1.29, 1.82) is 0 Å². The van der Waals surface area contributed by atoms with Gasteiger partial charge in [-0.05, 0) is 29.8 Å². The number of hydrogen-bond donors (Lipinski definition) is 3. The monoisotopic (exact) mass is 487 g/mol. The number of carbonyl (C=O) groups is 2. The molecule has 0 bridgehead atoms. The first-order chi connectivity index (χ1) is 16.9. The normalized spacial score (nSPS) is 11.8. The number of halogens is 1. The number of H-pyrrole nitrogens is 1. The van der Waals surface area contributed by atoms with Crippen molar-refractivity contribution in [1.82, 2.24) is 20.5 Å². The molecule has 2 amide bonds. The summed E-state index contributed by atoms with van der Waals surface area (Å²) >= 11 is 6.20. The van der Waals surface area contributed by atoms with Crippen molar-refractivity contribution in [2.24, 2.45) is 0 Å². The van der Waals surface area contributed by atoms with Gasteiger partial charge in [-0.1, -0.05) is 80.0 Å². The lowest BCUT2D eigenvalue weighted by atomic mass is 10.0. The maximum Gasteiger partial charge on any atom is 0.253 e. The van der Waals surface area contributed by atoms with Crippen molar-refractivity contribution in [3.8, 4) is 11.4 Å². The van der Waals surface area contributed by atoms with Gasteiger partial charge in [-0.25, -0.2) is 4.98 Å². The van der Waals surface area contributed by atoms with Gasteiger partial charge in [0.15, 0.2) is 5.82 Å². The van der Waals surface area contributed by atoms with Crippen LogP contribution in [0.15, 0.2) is 78.9 Å². The van der Waals surface area contributed by atoms with E-state index in [1.54, 1.807) is 30.3 Å². The first kappa shape index (κ1) is 24.2. The van der Waals surface area contributed by atoms with Gasteiger partial charge in [0.2, 0.25) is 5.91 Å². The standard InChI is InChI=1S/C27H26ClN5O2/c1-17(2)25-31-26(33-32-25)20-13-7-9-15-22(20)29-24(34)16-23(18-10-4-3-5-11-18)30-27(35)19-12-6-8-14-21(19)28/h3-15,17,23H,16H2,1-2H3,(H,29,34)(H,30,35)(H,31,32,33). The van der Waals surface area contributed by atoms with Crippen molar-refractivity contribution in [3.05, 3.63) is 101 Å². The van der Waals surface area contributed by atoms with Crippen LogP contribution in [0, 0.1) is 0 Å². The molecule has 0 saturated carbocycles. The Balaban J connectivity index is 1.54. The summed E-state index contributed by atoms with van der Waals surface area (Å²) in [5.41, 5.74) is 2.47. The highest BCUT2D eigenvalue weighted by Crippen LogP contribution is 2.27. The van der Waals surface area contributed by atoms with Crippen LogP contribution < -0.4 is 10.6 Å². The zero-order valence-corrected chi connectivity index (χ0v) is 20.2. The Kier molecular flexibility index (Phi) is 7.57. The second-order valence-electron chi connectivity index (χ2n) is 8.41.